The van der Waals surface area contributed by atoms with Crippen molar-refractivity contribution in [3.05, 3.63) is 51.7 Å². The van der Waals surface area contributed by atoms with Crippen LogP contribution in [-0.2, 0) is 6.54 Å². The molecule has 1 heterocycles. The Balaban J connectivity index is 1.73. The first kappa shape index (κ1) is 15.8. The highest BCUT2D eigenvalue weighted by atomic mass is 32.1. The Kier molecular flexibility index (Phi) is 5.59. The lowest BCUT2D eigenvalue weighted by Gasteiger charge is -2.14. The van der Waals surface area contributed by atoms with E-state index >= 15 is 0 Å². The van der Waals surface area contributed by atoms with Crippen LogP contribution in [0.1, 0.15) is 33.9 Å². The third-order valence-corrected chi connectivity index (χ3v) is 4.03. The van der Waals surface area contributed by atoms with Crippen molar-refractivity contribution in [3.63, 3.8) is 0 Å². The van der Waals surface area contributed by atoms with Crippen LogP contribution in [0.25, 0.3) is 0 Å². The van der Waals surface area contributed by atoms with E-state index < -0.39 is 0 Å². The quantitative estimate of drug-likeness (QED) is 0.732. The molecule has 0 N–H and O–H groups in total. The van der Waals surface area contributed by atoms with Crippen LogP contribution in [0.15, 0.2) is 29.6 Å². The summed E-state index contributed by atoms with van der Waals surface area (Å²) >= 11 is 1.65. The number of thiazole rings is 1. The number of aromatic nitrogens is 1. The number of nitrogens with zero attached hydrogens (tertiary/aromatic N) is 2. The minimum absolute atomic E-state index is 0.0629. The standard InChI is InChI=1S/C16H19FN2OS/c1-12-18-15(11-21-12)10-19(2)9-3-4-16(20)13-5-7-14(17)8-6-13/h5-8,11H,3-4,9-10H2,1-2H3. The largest absolute Gasteiger partial charge is 0.301 e. The molecular weight excluding hydrogens is 287 g/mol. The van der Waals surface area contributed by atoms with Gasteiger partial charge in [0.1, 0.15) is 5.82 Å². The van der Waals surface area contributed by atoms with Gasteiger partial charge in [0, 0.05) is 23.9 Å². The van der Waals surface area contributed by atoms with Crippen molar-refractivity contribution in [2.24, 2.45) is 0 Å². The molecule has 0 aliphatic rings. The van der Waals surface area contributed by atoms with Gasteiger partial charge in [0.25, 0.3) is 0 Å². The summed E-state index contributed by atoms with van der Waals surface area (Å²) in [6.45, 7) is 3.63. The number of benzene rings is 1. The maximum absolute atomic E-state index is 12.8. The molecule has 0 spiro atoms. The molecule has 0 saturated heterocycles. The predicted octanol–water partition coefficient (Wildman–Crippen LogP) is 3.69. The molecule has 0 atom stereocenters. The van der Waals surface area contributed by atoms with Gasteiger partial charge in [0.2, 0.25) is 0 Å². The maximum Gasteiger partial charge on any atom is 0.162 e. The third kappa shape index (κ3) is 5.02. The fraction of sp³-hybridized carbons (Fsp3) is 0.375. The van der Waals surface area contributed by atoms with Crippen molar-refractivity contribution in [2.75, 3.05) is 13.6 Å². The van der Waals surface area contributed by atoms with Gasteiger partial charge in [-0.25, -0.2) is 9.37 Å². The Hall–Kier alpha value is -1.59. The monoisotopic (exact) mass is 306 g/mol. The lowest BCUT2D eigenvalue weighted by molar-refractivity contribution is 0.0976. The summed E-state index contributed by atoms with van der Waals surface area (Å²) in [5, 5.41) is 3.14. The van der Waals surface area contributed by atoms with Crippen LogP contribution in [0.4, 0.5) is 4.39 Å². The minimum atomic E-state index is -0.315. The molecule has 1 aromatic carbocycles. The molecular formula is C16H19FN2OS. The Morgan fingerprint density at radius 3 is 2.67 bits per heavy atom. The van der Waals surface area contributed by atoms with Gasteiger partial charge in [-0.3, -0.25) is 4.79 Å². The van der Waals surface area contributed by atoms with Crippen molar-refractivity contribution in [1.29, 1.82) is 0 Å². The van der Waals surface area contributed by atoms with Crippen LogP contribution >= 0.6 is 11.3 Å². The van der Waals surface area contributed by atoms with E-state index in [9.17, 15) is 9.18 Å². The first-order valence-electron chi connectivity index (χ1n) is 6.93. The lowest BCUT2D eigenvalue weighted by atomic mass is 10.1. The second-order valence-corrected chi connectivity index (χ2v) is 6.19. The van der Waals surface area contributed by atoms with E-state index in [2.05, 4.69) is 15.3 Å². The summed E-state index contributed by atoms with van der Waals surface area (Å²) in [7, 11) is 2.02. The lowest BCUT2D eigenvalue weighted by Crippen LogP contribution is -2.20. The number of carbonyl (C=O) groups is 1. The average molecular weight is 306 g/mol. The predicted molar refractivity (Wildman–Crippen MR) is 83.1 cm³/mol. The van der Waals surface area contributed by atoms with E-state index in [0.29, 0.717) is 12.0 Å². The van der Waals surface area contributed by atoms with E-state index in [-0.39, 0.29) is 11.6 Å². The van der Waals surface area contributed by atoms with Crippen molar-refractivity contribution in [3.8, 4) is 0 Å². The van der Waals surface area contributed by atoms with Gasteiger partial charge in [0.15, 0.2) is 5.78 Å². The Labute approximate surface area is 128 Å². The van der Waals surface area contributed by atoms with Gasteiger partial charge in [-0.1, -0.05) is 0 Å². The topological polar surface area (TPSA) is 33.2 Å². The molecule has 0 unspecified atom stereocenters. The fourth-order valence-corrected chi connectivity index (χ4v) is 2.73. The number of rotatable bonds is 7. The molecule has 112 valence electrons. The molecule has 0 amide bonds. The molecule has 2 rings (SSSR count). The molecule has 1 aromatic heterocycles. The second kappa shape index (κ2) is 7.43. The Morgan fingerprint density at radius 2 is 2.05 bits per heavy atom. The van der Waals surface area contributed by atoms with Gasteiger partial charge < -0.3 is 4.90 Å². The van der Waals surface area contributed by atoms with Gasteiger partial charge in [-0.2, -0.15) is 0 Å². The van der Waals surface area contributed by atoms with Gasteiger partial charge in [0.05, 0.1) is 10.7 Å². The summed E-state index contributed by atoms with van der Waals surface area (Å²) in [5.41, 5.74) is 1.65. The molecule has 0 radical (unpaired) electrons. The number of Topliss-reactive ketones (excluding diaryl/α,β-unsaturated/α-hetero) is 1. The molecule has 0 fully saturated rings. The SMILES string of the molecule is Cc1nc(CN(C)CCCC(=O)c2ccc(F)cc2)cs1. The van der Waals surface area contributed by atoms with Crippen molar-refractivity contribution in [1.82, 2.24) is 9.88 Å². The summed E-state index contributed by atoms with van der Waals surface area (Å²) in [5.74, 6) is -0.252. The first-order valence-corrected chi connectivity index (χ1v) is 7.81. The summed E-state index contributed by atoms with van der Waals surface area (Å²) in [4.78, 5) is 18.5. The van der Waals surface area contributed by atoms with Crippen molar-refractivity contribution in [2.45, 2.75) is 26.3 Å². The minimum Gasteiger partial charge on any atom is -0.301 e. The van der Waals surface area contributed by atoms with Crippen LogP contribution in [0.3, 0.4) is 0 Å². The van der Waals surface area contributed by atoms with Crippen LogP contribution in [0.5, 0.6) is 0 Å². The average Bonchev–Trinajstić information content (AvgIpc) is 2.84. The normalized spacial score (nSPS) is 11.0. The molecule has 0 saturated carbocycles. The van der Waals surface area contributed by atoms with E-state index in [1.807, 2.05) is 14.0 Å². The zero-order chi connectivity index (χ0) is 15.2. The molecule has 5 heteroatoms. The zero-order valence-corrected chi connectivity index (χ0v) is 13.1. The van der Waals surface area contributed by atoms with Gasteiger partial charge in [-0.05, 0) is 51.2 Å². The summed E-state index contributed by atoms with van der Waals surface area (Å²) < 4.78 is 12.8. The number of ketones is 1. The zero-order valence-electron chi connectivity index (χ0n) is 12.3. The van der Waals surface area contributed by atoms with Crippen molar-refractivity contribution >= 4 is 17.1 Å². The smallest absolute Gasteiger partial charge is 0.162 e. The fourth-order valence-electron chi connectivity index (χ4n) is 2.13. The maximum atomic E-state index is 12.8. The first-order chi connectivity index (χ1) is 10.0. The van der Waals surface area contributed by atoms with E-state index in [0.717, 1.165) is 30.2 Å². The summed E-state index contributed by atoms with van der Waals surface area (Å²) in [6.07, 6.45) is 1.27. The second-order valence-electron chi connectivity index (χ2n) is 5.13. The van der Waals surface area contributed by atoms with Gasteiger partial charge in [-0.15, -0.1) is 11.3 Å². The molecule has 0 aliphatic carbocycles. The highest BCUT2D eigenvalue weighted by molar-refractivity contribution is 7.09. The molecule has 2 aromatic rings. The van der Waals surface area contributed by atoms with Crippen LogP contribution in [0.2, 0.25) is 0 Å². The van der Waals surface area contributed by atoms with Crippen LogP contribution in [0, 0.1) is 12.7 Å². The Bertz CT molecular complexity index is 595. The molecule has 3 nitrogen and oxygen atoms in total. The van der Waals surface area contributed by atoms with E-state index in [1.165, 1.54) is 12.1 Å². The number of aryl methyl sites for hydroxylation is 1. The van der Waals surface area contributed by atoms with E-state index in [1.54, 1.807) is 23.5 Å². The van der Waals surface area contributed by atoms with Gasteiger partial charge >= 0.3 is 0 Å². The van der Waals surface area contributed by atoms with Crippen LogP contribution < -0.4 is 0 Å². The Morgan fingerprint density at radius 1 is 1.33 bits per heavy atom. The molecule has 0 aliphatic heterocycles. The molecule has 21 heavy (non-hydrogen) atoms. The molecule has 0 bridgehead atoms. The van der Waals surface area contributed by atoms with Crippen LogP contribution in [-0.4, -0.2) is 29.3 Å². The highest BCUT2D eigenvalue weighted by Gasteiger charge is 2.08. The summed E-state index contributed by atoms with van der Waals surface area (Å²) in [6, 6.07) is 5.73. The highest BCUT2D eigenvalue weighted by Crippen LogP contribution is 2.11. The number of halogens is 1. The number of carbonyl (C=O) groups excluding carboxylic acids is 1. The van der Waals surface area contributed by atoms with E-state index in [4.69, 9.17) is 0 Å². The number of hydrogen-bond acceptors (Lipinski definition) is 4. The number of hydrogen-bond donors (Lipinski definition) is 0. The third-order valence-electron chi connectivity index (χ3n) is 3.21. The van der Waals surface area contributed by atoms with Crippen molar-refractivity contribution < 1.29 is 9.18 Å².